The molecule has 1 aromatic carbocycles. The fourth-order valence-corrected chi connectivity index (χ4v) is 2.54. The van der Waals surface area contributed by atoms with Gasteiger partial charge >= 0.3 is 0 Å². The second-order valence-corrected chi connectivity index (χ2v) is 4.48. The molecule has 3 nitrogen and oxygen atoms in total. The molecule has 1 N–H and O–H groups in total. The summed E-state index contributed by atoms with van der Waals surface area (Å²) < 4.78 is 0. The van der Waals surface area contributed by atoms with Gasteiger partial charge in [-0.3, -0.25) is 0 Å². The Balaban J connectivity index is 2.34. The predicted molar refractivity (Wildman–Crippen MR) is 72.4 cm³/mol. The minimum Gasteiger partial charge on any atom is -0.371 e. The van der Waals surface area contributed by atoms with E-state index in [0.717, 1.165) is 27.8 Å². The normalized spacial score (nSPS) is 10.6. The number of fused-ring (bicyclic) bond motifs is 1. The van der Waals surface area contributed by atoms with E-state index in [9.17, 15) is 0 Å². The van der Waals surface area contributed by atoms with Gasteiger partial charge < -0.3 is 5.32 Å². The topological polar surface area (TPSA) is 37.8 Å². The van der Waals surface area contributed by atoms with Crippen LogP contribution in [0.5, 0.6) is 0 Å². The van der Waals surface area contributed by atoms with Gasteiger partial charge in [0.05, 0.1) is 0 Å². The van der Waals surface area contributed by atoms with Crippen LogP contribution in [0.1, 0.15) is 0 Å². The summed E-state index contributed by atoms with van der Waals surface area (Å²) in [5.74, 6) is 0.819. The summed E-state index contributed by atoms with van der Waals surface area (Å²) in [6, 6.07) is 10.3. The Bertz CT molecular complexity index is 647. The second-order valence-electron chi connectivity index (χ2n) is 3.70. The number of hydrogen-bond acceptors (Lipinski definition) is 4. The van der Waals surface area contributed by atoms with Crippen molar-refractivity contribution < 1.29 is 0 Å². The lowest BCUT2D eigenvalue weighted by Gasteiger charge is -2.07. The highest BCUT2D eigenvalue weighted by Gasteiger charge is 2.09. The lowest BCUT2D eigenvalue weighted by Crippen LogP contribution is -1.97. The van der Waals surface area contributed by atoms with Crippen LogP contribution in [0.4, 0.5) is 5.82 Å². The molecular formula is C13H11N3S. The molecule has 84 valence electrons. The average molecular weight is 241 g/mol. The van der Waals surface area contributed by atoms with Gasteiger partial charge in [-0.05, 0) is 11.4 Å². The fourth-order valence-electron chi connectivity index (χ4n) is 1.90. The molecule has 2 heterocycles. The molecule has 0 unspecified atom stereocenters. The van der Waals surface area contributed by atoms with Gasteiger partial charge in [0.1, 0.15) is 5.69 Å². The van der Waals surface area contributed by atoms with Crippen LogP contribution in [0.2, 0.25) is 0 Å². The Labute approximate surface area is 103 Å². The third-order valence-corrected chi connectivity index (χ3v) is 3.40. The molecule has 0 aliphatic rings. The highest BCUT2D eigenvalue weighted by molar-refractivity contribution is 7.08. The van der Waals surface area contributed by atoms with Crippen molar-refractivity contribution >= 4 is 27.9 Å². The Kier molecular flexibility index (Phi) is 2.49. The van der Waals surface area contributed by atoms with Gasteiger partial charge in [0.15, 0.2) is 5.82 Å². The van der Waals surface area contributed by atoms with Crippen molar-refractivity contribution in [2.45, 2.75) is 0 Å². The third kappa shape index (κ3) is 1.66. The molecule has 0 bridgehead atoms. The molecule has 0 aliphatic heterocycles. The smallest absolute Gasteiger partial charge is 0.156 e. The molecule has 4 heteroatoms. The Morgan fingerprint density at radius 3 is 2.59 bits per heavy atom. The number of thiophene rings is 1. The van der Waals surface area contributed by atoms with Crippen LogP contribution in [-0.2, 0) is 0 Å². The number of aromatic nitrogens is 2. The molecule has 0 fully saturated rings. The standard InChI is InChI=1S/C13H11N3S/c1-14-13-11-5-3-2-4-10(11)12(15-16-13)9-6-7-17-8-9/h2-8H,1H3,(H,14,16). The molecule has 0 amide bonds. The van der Waals surface area contributed by atoms with Gasteiger partial charge in [-0.1, -0.05) is 24.3 Å². The first-order valence-corrected chi connectivity index (χ1v) is 6.30. The van der Waals surface area contributed by atoms with E-state index < -0.39 is 0 Å². The molecule has 17 heavy (non-hydrogen) atoms. The number of hydrogen-bond donors (Lipinski definition) is 1. The lowest BCUT2D eigenvalue weighted by molar-refractivity contribution is 1.06. The van der Waals surface area contributed by atoms with E-state index in [4.69, 9.17) is 0 Å². The van der Waals surface area contributed by atoms with Crippen LogP contribution in [0.3, 0.4) is 0 Å². The van der Waals surface area contributed by atoms with E-state index in [1.807, 2.05) is 19.2 Å². The zero-order valence-electron chi connectivity index (χ0n) is 9.34. The minimum absolute atomic E-state index is 0.819. The van der Waals surface area contributed by atoms with Crippen LogP contribution in [0.25, 0.3) is 22.0 Å². The monoisotopic (exact) mass is 241 g/mol. The number of nitrogens with zero attached hydrogens (tertiary/aromatic N) is 2. The van der Waals surface area contributed by atoms with E-state index in [0.29, 0.717) is 0 Å². The Morgan fingerprint density at radius 1 is 1.06 bits per heavy atom. The number of benzene rings is 1. The van der Waals surface area contributed by atoms with Crippen LogP contribution in [0, 0.1) is 0 Å². The average Bonchev–Trinajstić information content (AvgIpc) is 2.91. The van der Waals surface area contributed by atoms with E-state index in [1.54, 1.807) is 11.3 Å². The summed E-state index contributed by atoms with van der Waals surface area (Å²) in [4.78, 5) is 0. The quantitative estimate of drug-likeness (QED) is 0.747. The molecule has 0 radical (unpaired) electrons. The van der Waals surface area contributed by atoms with Crippen molar-refractivity contribution in [2.75, 3.05) is 12.4 Å². The van der Waals surface area contributed by atoms with Crippen LogP contribution < -0.4 is 5.32 Å². The molecule has 0 saturated carbocycles. The van der Waals surface area contributed by atoms with Crippen molar-refractivity contribution in [1.82, 2.24) is 10.2 Å². The molecule has 3 rings (SSSR count). The van der Waals surface area contributed by atoms with E-state index in [2.05, 4.69) is 44.5 Å². The SMILES string of the molecule is CNc1nnc(-c2ccsc2)c2ccccc12. The van der Waals surface area contributed by atoms with Crippen LogP contribution >= 0.6 is 11.3 Å². The third-order valence-electron chi connectivity index (χ3n) is 2.72. The lowest BCUT2D eigenvalue weighted by atomic mass is 10.1. The number of rotatable bonds is 2. The van der Waals surface area contributed by atoms with Crippen molar-refractivity contribution in [2.24, 2.45) is 0 Å². The van der Waals surface area contributed by atoms with Crippen molar-refractivity contribution in [3.05, 3.63) is 41.1 Å². The molecule has 2 aromatic heterocycles. The maximum absolute atomic E-state index is 4.31. The van der Waals surface area contributed by atoms with Crippen LogP contribution in [0.15, 0.2) is 41.1 Å². The van der Waals surface area contributed by atoms with Crippen LogP contribution in [-0.4, -0.2) is 17.2 Å². The summed E-state index contributed by atoms with van der Waals surface area (Å²) in [7, 11) is 1.86. The van der Waals surface area contributed by atoms with Gasteiger partial charge in [0, 0.05) is 28.8 Å². The largest absolute Gasteiger partial charge is 0.371 e. The van der Waals surface area contributed by atoms with Gasteiger partial charge in [-0.25, -0.2) is 0 Å². The Hall–Kier alpha value is -1.94. The zero-order valence-corrected chi connectivity index (χ0v) is 10.2. The van der Waals surface area contributed by atoms with E-state index in [1.165, 1.54) is 0 Å². The maximum atomic E-state index is 4.31. The molecule has 0 saturated heterocycles. The Morgan fingerprint density at radius 2 is 1.88 bits per heavy atom. The van der Waals surface area contributed by atoms with Crippen molar-refractivity contribution in [1.29, 1.82) is 0 Å². The summed E-state index contributed by atoms with van der Waals surface area (Å²) in [5, 5.41) is 18.0. The highest BCUT2D eigenvalue weighted by Crippen LogP contribution is 2.30. The predicted octanol–water partition coefficient (Wildman–Crippen LogP) is 3.40. The van der Waals surface area contributed by atoms with Gasteiger partial charge in [-0.2, -0.15) is 11.3 Å². The molecule has 3 aromatic rings. The van der Waals surface area contributed by atoms with Crippen molar-refractivity contribution in [3.8, 4) is 11.3 Å². The summed E-state index contributed by atoms with van der Waals surface area (Å²) >= 11 is 1.67. The van der Waals surface area contributed by atoms with Gasteiger partial charge in [-0.15, -0.1) is 10.2 Å². The second kappa shape index (κ2) is 4.14. The zero-order chi connectivity index (χ0) is 11.7. The summed E-state index contributed by atoms with van der Waals surface area (Å²) in [6.45, 7) is 0. The van der Waals surface area contributed by atoms with Crippen molar-refractivity contribution in [3.63, 3.8) is 0 Å². The molecule has 0 aliphatic carbocycles. The maximum Gasteiger partial charge on any atom is 0.156 e. The van der Waals surface area contributed by atoms with E-state index in [-0.39, 0.29) is 0 Å². The number of nitrogens with one attached hydrogen (secondary N) is 1. The molecular weight excluding hydrogens is 230 g/mol. The minimum atomic E-state index is 0.819. The summed E-state index contributed by atoms with van der Waals surface area (Å²) in [6.07, 6.45) is 0. The first-order valence-electron chi connectivity index (χ1n) is 5.36. The number of anilines is 1. The fraction of sp³-hybridized carbons (Fsp3) is 0.0769. The van der Waals surface area contributed by atoms with E-state index >= 15 is 0 Å². The van der Waals surface area contributed by atoms with Gasteiger partial charge in [0.25, 0.3) is 0 Å². The molecule has 0 atom stereocenters. The highest BCUT2D eigenvalue weighted by atomic mass is 32.1. The van der Waals surface area contributed by atoms with Gasteiger partial charge in [0.2, 0.25) is 0 Å². The molecule has 0 spiro atoms. The summed E-state index contributed by atoms with van der Waals surface area (Å²) in [5.41, 5.74) is 2.07. The first-order chi connectivity index (χ1) is 8.40. The first kappa shape index (κ1) is 10.2.